The van der Waals surface area contributed by atoms with E-state index in [0.29, 0.717) is 19.5 Å². The second kappa shape index (κ2) is 4.36. The summed E-state index contributed by atoms with van der Waals surface area (Å²) in [5.41, 5.74) is 5.22. The number of halogens is 3. The summed E-state index contributed by atoms with van der Waals surface area (Å²) < 4.78 is 37.1. The molecule has 0 amide bonds. The second-order valence-electron chi connectivity index (χ2n) is 2.75. The topological polar surface area (TPSA) is 69.6 Å². The molecule has 1 aromatic rings. The van der Waals surface area contributed by atoms with Crippen LogP contribution in [0.4, 0.5) is 13.2 Å². The molecule has 0 saturated carbocycles. The molecule has 1 heterocycles. The molecule has 0 saturated heterocycles. The number of hydrogen-bond donors (Lipinski definition) is 1. The quantitative estimate of drug-likeness (QED) is 0.765. The third-order valence-corrected chi connectivity index (χ3v) is 1.54. The molecule has 8 heteroatoms. The summed E-state index contributed by atoms with van der Waals surface area (Å²) in [5.74, 6) is -0.175. The van der Waals surface area contributed by atoms with E-state index in [1.54, 1.807) is 0 Å². The van der Waals surface area contributed by atoms with E-state index in [2.05, 4.69) is 15.5 Å². The molecule has 1 aromatic heterocycles. The number of nitrogens with zero attached hydrogens (tertiary/aromatic N) is 4. The molecule has 0 spiro atoms. The van der Waals surface area contributed by atoms with E-state index >= 15 is 0 Å². The molecule has 0 aliphatic heterocycles. The van der Waals surface area contributed by atoms with Crippen molar-refractivity contribution in [3.05, 3.63) is 5.82 Å². The van der Waals surface area contributed by atoms with Gasteiger partial charge in [-0.1, -0.05) is 0 Å². The van der Waals surface area contributed by atoms with Crippen molar-refractivity contribution >= 4 is 0 Å². The van der Waals surface area contributed by atoms with Crippen LogP contribution in [0.25, 0.3) is 0 Å². The van der Waals surface area contributed by atoms with Crippen molar-refractivity contribution in [3.63, 3.8) is 0 Å². The third-order valence-electron chi connectivity index (χ3n) is 1.54. The summed E-state index contributed by atoms with van der Waals surface area (Å²) in [5, 5.41) is 9.91. The smallest absolute Gasteiger partial charge is 0.330 e. The molecule has 0 aliphatic rings. The van der Waals surface area contributed by atoms with Crippen LogP contribution >= 0.6 is 0 Å². The highest BCUT2D eigenvalue weighted by molar-refractivity contribution is 4.84. The van der Waals surface area contributed by atoms with Crippen molar-refractivity contribution in [1.29, 1.82) is 0 Å². The van der Waals surface area contributed by atoms with Crippen LogP contribution in [0, 0.1) is 0 Å². The first-order valence-electron chi connectivity index (χ1n) is 4.05. The van der Waals surface area contributed by atoms with Gasteiger partial charge in [0.15, 0.2) is 5.82 Å². The van der Waals surface area contributed by atoms with Gasteiger partial charge in [-0.05, 0) is 23.4 Å². The number of aryl methyl sites for hydroxylation is 1. The fraction of sp³-hybridized carbons (Fsp3) is 0.833. The molecule has 0 fully saturated rings. The second-order valence-corrected chi connectivity index (χ2v) is 2.75. The van der Waals surface area contributed by atoms with E-state index in [9.17, 15) is 13.2 Å². The monoisotopic (exact) mass is 209 g/mol. The first-order chi connectivity index (χ1) is 6.53. The molecule has 0 bridgehead atoms. The molecular formula is C6H10F3N5. The highest BCUT2D eigenvalue weighted by Crippen LogP contribution is 2.19. The Kier molecular flexibility index (Phi) is 3.39. The van der Waals surface area contributed by atoms with Gasteiger partial charge in [0.05, 0.1) is 0 Å². The van der Waals surface area contributed by atoms with Gasteiger partial charge in [0.25, 0.3) is 0 Å². The van der Waals surface area contributed by atoms with E-state index in [1.165, 1.54) is 0 Å². The standard InChI is InChI=1S/C6H10F3N5/c7-6(8,9)4-5-11-12-13-14(5)3-1-2-10/h1-4,10H2. The van der Waals surface area contributed by atoms with Crippen molar-refractivity contribution < 1.29 is 13.2 Å². The largest absolute Gasteiger partial charge is 0.396 e. The molecule has 1 rings (SSSR count). The van der Waals surface area contributed by atoms with Crippen molar-refractivity contribution in [1.82, 2.24) is 20.2 Å². The van der Waals surface area contributed by atoms with E-state index in [4.69, 9.17) is 5.73 Å². The number of rotatable bonds is 4. The minimum atomic E-state index is -4.28. The van der Waals surface area contributed by atoms with Gasteiger partial charge in [-0.15, -0.1) is 5.10 Å². The Bertz CT molecular complexity index is 281. The lowest BCUT2D eigenvalue weighted by Gasteiger charge is -2.05. The van der Waals surface area contributed by atoms with Crippen LogP contribution in [0.15, 0.2) is 0 Å². The van der Waals surface area contributed by atoms with Gasteiger partial charge in [-0.2, -0.15) is 13.2 Å². The van der Waals surface area contributed by atoms with Gasteiger partial charge in [-0.3, -0.25) is 0 Å². The lowest BCUT2D eigenvalue weighted by atomic mass is 10.3. The summed E-state index contributed by atoms with van der Waals surface area (Å²) in [4.78, 5) is 0. The minimum Gasteiger partial charge on any atom is -0.330 e. The van der Waals surface area contributed by atoms with Crippen LogP contribution in [0.1, 0.15) is 12.2 Å². The van der Waals surface area contributed by atoms with Gasteiger partial charge >= 0.3 is 6.18 Å². The van der Waals surface area contributed by atoms with Crippen LogP contribution in [0.2, 0.25) is 0 Å². The zero-order valence-corrected chi connectivity index (χ0v) is 7.33. The van der Waals surface area contributed by atoms with Gasteiger partial charge in [0, 0.05) is 6.54 Å². The lowest BCUT2D eigenvalue weighted by molar-refractivity contribution is -0.129. The highest BCUT2D eigenvalue weighted by atomic mass is 19.4. The summed E-state index contributed by atoms with van der Waals surface area (Å²) >= 11 is 0. The average molecular weight is 209 g/mol. The number of nitrogens with two attached hydrogens (primary N) is 1. The van der Waals surface area contributed by atoms with Crippen LogP contribution in [0.3, 0.4) is 0 Å². The molecule has 0 aliphatic carbocycles. The summed E-state index contributed by atoms with van der Waals surface area (Å²) in [6.45, 7) is 0.709. The number of hydrogen-bond acceptors (Lipinski definition) is 4. The maximum absolute atomic E-state index is 12.0. The molecule has 5 nitrogen and oxygen atoms in total. The summed E-state index contributed by atoms with van der Waals surface area (Å²) in [6.07, 6.45) is -4.84. The molecule has 80 valence electrons. The summed E-state index contributed by atoms with van der Waals surface area (Å²) in [7, 11) is 0. The normalized spacial score (nSPS) is 12.0. The van der Waals surface area contributed by atoms with E-state index in [0.717, 1.165) is 4.68 Å². The van der Waals surface area contributed by atoms with Crippen LogP contribution < -0.4 is 5.73 Å². The summed E-state index contributed by atoms with van der Waals surface area (Å²) in [6, 6.07) is 0. The first kappa shape index (κ1) is 10.9. The predicted molar refractivity (Wildman–Crippen MR) is 41.2 cm³/mol. The van der Waals surface area contributed by atoms with E-state index < -0.39 is 12.6 Å². The average Bonchev–Trinajstić information content (AvgIpc) is 2.45. The first-order valence-corrected chi connectivity index (χ1v) is 4.05. The molecule has 0 radical (unpaired) electrons. The van der Waals surface area contributed by atoms with Gasteiger partial charge in [0.2, 0.25) is 0 Å². The van der Waals surface area contributed by atoms with Crippen LogP contribution in [0.5, 0.6) is 0 Å². The Hall–Kier alpha value is -1.18. The zero-order valence-electron chi connectivity index (χ0n) is 7.33. The Morgan fingerprint density at radius 2 is 2.07 bits per heavy atom. The number of tetrazole rings is 1. The van der Waals surface area contributed by atoms with Crippen molar-refractivity contribution in [2.24, 2.45) is 5.73 Å². The van der Waals surface area contributed by atoms with Gasteiger partial charge in [-0.25, -0.2) is 4.68 Å². The van der Waals surface area contributed by atoms with Gasteiger partial charge < -0.3 is 5.73 Å². The van der Waals surface area contributed by atoms with E-state index in [-0.39, 0.29) is 5.82 Å². The number of aromatic nitrogens is 4. The number of alkyl halides is 3. The Morgan fingerprint density at radius 3 is 2.64 bits per heavy atom. The molecule has 0 aromatic carbocycles. The zero-order chi connectivity index (χ0) is 10.6. The highest BCUT2D eigenvalue weighted by Gasteiger charge is 2.30. The van der Waals surface area contributed by atoms with Crippen LogP contribution in [-0.4, -0.2) is 32.9 Å². The van der Waals surface area contributed by atoms with Crippen LogP contribution in [-0.2, 0) is 13.0 Å². The van der Waals surface area contributed by atoms with Crippen molar-refractivity contribution in [2.45, 2.75) is 25.6 Å². The SMILES string of the molecule is NCCCn1nnnc1CC(F)(F)F. The van der Waals surface area contributed by atoms with Crippen molar-refractivity contribution in [2.75, 3.05) is 6.54 Å². The Morgan fingerprint density at radius 1 is 1.36 bits per heavy atom. The van der Waals surface area contributed by atoms with E-state index in [1.807, 2.05) is 0 Å². The molecule has 14 heavy (non-hydrogen) atoms. The molecule has 0 atom stereocenters. The fourth-order valence-electron chi connectivity index (χ4n) is 0.944. The Balaban J connectivity index is 2.63. The maximum Gasteiger partial charge on any atom is 0.396 e. The molecular weight excluding hydrogens is 199 g/mol. The fourth-order valence-corrected chi connectivity index (χ4v) is 0.944. The molecule has 2 N–H and O–H groups in total. The maximum atomic E-state index is 12.0. The van der Waals surface area contributed by atoms with Gasteiger partial charge in [0.1, 0.15) is 6.42 Å². The Labute approximate surface area is 78.1 Å². The van der Waals surface area contributed by atoms with Crippen molar-refractivity contribution in [3.8, 4) is 0 Å². The lowest BCUT2D eigenvalue weighted by Crippen LogP contribution is -2.18. The minimum absolute atomic E-state index is 0.175. The molecule has 0 unspecified atom stereocenters. The predicted octanol–water partition coefficient (Wildman–Crippen LogP) is 0.127. The third kappa shape index (κ3) is 3.29.